The number of hydrogen-bond acceptors (Lipinski definition) is 4. The molecule has 1 aromatic carbocycles. The number of nitrogens with one attached hydrogen (secondary N) is 1. The first kappa shape index (κ1) is 21.8. The number of rotatable bonds is 8. The van der Waals surface area contributed by atoms with E-state index in [4.69, 9.17) is 0 Å². The number of halogens is 3. The Kier molecular flexibility index (Phi) is 6.71. The van der Waals surface area contributed by atoms with Crippen molar-refractivity contribution >= 4 is 11.6 Å². The number of carbonyl (C=O) groups excluding carboxylic acids is 1. The van der Waals surface area contributed by atoms with Crippen molar-refractivity contribution in [2.45, 2.75) is 26.4 Å². The molecule has 2 heterocycles. The van der Waals surface area contributed by atoms with Gasteiger partial charge in [0.15, 0.2) is 17.0 Å². The molecule has 0 aliphatic carbocycles. The van der Waals surface area contributed by atoms with Gasteiger partial charge in [0, 0.05) is 18.2 Å². The smallest absolute Gasteiger partial charge is 0.351 e. The Bertz CT molecular complexity index is 997. The van der Waals surface area contributed by atoms with Crippen LogP contribution >= 0.6 is 0 Å². The van der Waals surface area contributed by atoms with E-state index in [2.05, 4.69) is 34.1 Å². The minimum atomic E-state index is -4.64. The molecule has 160 valence electrons. The van der Waals surface area contributed by atoms with E-state index < -0.39 is 17.8 Å². The number of hydrogen-bond donors (Lipinski definition) is 1. The average Bonchev–Trinajstić information content (AvgIpc) is 3.17. The van der Waals surface area contributed by atoms with Gasteiger partial charge in [-0.15, -0.1) is 0 Å². The Morgan fingerprint density at radius 2 is 1.83 bits per heavy atom. The first-order valence-electron chi connectivity index (χ1n) is 9.87. The van der Waals surface area contributed by atoms with Crippen molar-refractivity contribution in [1.29, 1.82) is 0 Å². The van der Waals surface area contributed by atoms with Gasteiger partial charge in [0.2, 0.25) is 0 Å². The minimum absolute atomic E-state index is 0.0306. The van der Waals surface area contributed by atoms with Crippen LogP contribution in [-0.2, 0) is 6.18 Å². The molecular weight excluding hydrogens is 395 g/mol. The Morgan fingerprint density at radius 3 is 2.47 bits per heavy atom. The van der Waals surface area contributed by atoms with Crippen LogP contribution in [0.5, 0.6) is 0 Å². The highest BCUT2D eigenvalue weighted by molar-refractivity contribution is 5.93. The molecule has 1 amide bonds. The second kappa shape index (κ2) is 9.25. The summed E-state index contributed by atoms with van der Waals surface area (Å²) in [6, 6.07) is 10.8. The largest absolute Gasteiger partial charge is 0.433 e. The quantitative estimate of drug-likeness (QED) is 0.563. The molecule has 1 N–H and O–H groups in total. The van der Waals surface area contributed by atoms with E-state index in [9.17, 15) is 18.0 Å². The molecule has 6 nitrogen and oxygen atoms in total. The van der Waals surface area contributed by atoms with Crippen LogP contribution in [-0.4, -0.2) is 51.6 Å². The second-order valence-corrected chi connectivity index (χ2v) is 6.83. The SMILES string of the molecule is CCN(CC)CCCNC(=O)c1cc2nc(-c3ccccc3)cc(C(F)(F)F)n2n1. The van der Waals surface area contributed by atoms with Gasteiger partial charge in [0.1, 0.15) is 0 Å². The van der Waals surface area contributed by atoms with Gasteiger partial charge in [-0.2, -0.15) is 18.3 Å². The predicted molar refractivity (Wildman–Crippen MR) is 108 cm³/mol. The monoisotopic (exact) mass is 419 g/mol. The van der Waals surface area contributed by atoms with Crippen LogP contribution in [0.2, 0.25) is 0 Å². The highest BCUT2D eigenvalue weighted by Crippen LogP contribution is 2.32. The van der Waals surface area contributed by atoms with E-state index in [0.717, 1.165) is 32.1 Å². The number of benzene rings is 1. The summed E-state index contributed by atoms with van der Waals surface area (Å²) in [5.41, 5.74) is -0.388. The molecule has 3 rings (SSSR count). The minimum Gasteiger partial charge on any atom is -0.351 e. The van der Waals surface area contributed by atoms with Crippen molar-refractivity contribution in [3.8, 4) is 11.3 Å². The molecule has 0 bridgehead atoms. The van der Waals surface area contributed by atoms with E-state index >= 15 is 0 Å². The molecule has 0 unspecified atom stereocenters. The predicted octanol–water partition coefficient (Wildman–Crippen LogP) is 3.88. The number of fused-ring (bicyclic) bond motifs is 1. The molecule has 0 aliphatic rings. The second-order valence-electron chi connectivity index (χ2n) is 6.83. The summed E-state index contributed by atoms with van der Waals surface area (Å²) in [4.78, 5) is 18.9. The van der Waals surface area contributed by atoms with Crippen molar-refractivity contribution in [3.05, 3.63) is 53.9 Å². The lowest BCUT2D eigenvalue weighted by Crippen LogP contribution is -2.30. The van der Waals surface area contributed by atoms with Crippen LogP contribution < -0.4 is 5.32 Å². The zero-order chi connectivity index (χ0) is 21.7. The third-order valence-corrected chi connectivity index (χ3v) is 4.85. The summed E-state index contributed by atoms with van der Waals surface area (Å²) in [6.07, 6.45) is -3.90. The van der Waals surface area contributed by atoms with Crippen LogP contribution in [0.3, 0.4) is 0 Å². The summed E-state index contributed by atoms with van der Waals surface area (Å²) >= 11 is 0. The van der Waals surface area contributed by atoms with Crippen LogP contribution in [0.25, 0.3) is 16.9 Å². The molecule has 30 heavy (non-hydrogen) atoms. The van der Waals surface area contributed by atoms with E-state index in [1.165, 1.54) is 6.07 Å². The first-order chi connectivity index (χ1) is 14.3. The van der Waals surface area contributed by atoms with E-state index in [0.29, 0.717) is 16.6 Å². The maximum Gasteiger partial charge on any atom is 0.433 e. The van der Waals surface area contributed by atoms with E-state index in [1.54, 1.807) is 30.3 Å². The van der Waals surface area contributed by atoms with Gasteiger partial charge in [-0.1, -0.05) is 44.2 Å². The fraction of sp³-hybridized carbons (Fsp3) is 0.381. The zero-order valence-electron chi connectivity index (χ0n) is 16.9. The van der Waals surface area contributed by atoms with Crippen LogP contribution in [0.15, 0.2) is 42.5 Å². The lowest BCUT2D eigenvalue weighted by molar-refractivity contribution is -0.142. The maximum atomic E-state index is 13.6. The van der Waals surface area contributed by atoms with Gasteiger partial charge in [0.05, 0.1) is 5.69 Å². The van der Waals surface area contributed by atoms with Gasteiger partial charge in [0.25, 0.3) is 5.91 Å². The van der Waals surface area contributed by atoms with Crippen molar-refractivity contribution in [2.75, 3.05) is 26.2 Å². The first-order valence-corrected chi connectivity index (χ1v) is 9.87. The number of alkyl halides is 3. The van der Waals surface area contributed by atoms with Crippen LogP contribution in [0, 0.1) is 0 Å². The molecule has 0 radical (unpaired) electrons. The van der Waals surface area contributed by atoms with Crippen LogP contribution in [0.4, 0.5) is 13.2 Å². The van der Waals surface area contributed by atoms with Gasteiger partial charge >= 0.3 is 6.18 Å². The summed E-state index contributed by atoms with van der Waals surface area (Å²) < 4.78 is 41.5. The lowest BCUT2D eigenvalue weighted by Gasteiger charge is -2.17. The summed E-state index contributed by atoms with van der Waals surface area (Å²) in [5, 5.41) is 6.59. The van der Waals surface area contributed by atoms with Crippen molar-refractivity contribution in [3.63, 3.8) is 0 Å². The molecule has 2 aromatic heterocycles. The molecule has 3 aromatic rings. The van der Waals surface area contributed by atoms with Crippen molar-refractivity contribution < 1.29 is 18.0 Å². The number of aromatic nitrogens is 3. The van der Waals surface area contributed by atoms with E-state index in [-0.39, 0.29) is 17.0 Å². The number of nitrogens with zero attached hydrogens (tertiary/aromatic N) is 4. The molecule has 9 heteroatoms. The molecule has 0 saturated carbocycles. The maximum absolute atomic E-state index is 13.6. The highest BCUT2D eigenvalue weighted by Gasteiger charge is 2.35. The fourth-order valence-electron chi connectivity index (χ4n) is 3.18. The van der Waals surface area contributed by atoms with Gasteiger partial charge in [-0.05, 0) is 32.1 Å². The Morgan fingerprint density at radius 1 is 1.13 bits per heavy atom. The normalized spacial score (nSPS) is 11.9. The zero-order valence-corrected chi connectivity index (χ0v) is 16.9. The standard InChI is InChI=1S/C21H24F3N5O/c1-3-28(4-2)12-8-11-25-20(30)17-14-19-26-16(15-9-6-5-7-10-15)13-18(21(22,23)24)29(19)27-17/h5-7,9-10,13-14H,3-4,8,11-12H2,1-2H3,(H,25,30). The molecule has 0 atom stereocenters. The fourth-order valence-corrected chi connectivity index (χ4v) is 3.18. The van der Waals surface area contributed by atoms with Crippen LogP contribution in [0.1, 0.15) is 36.5 Å². The van der Waals surface area contributed by atoms with Gasteiger partial charge in [-0.3, -0.25) is 4.79 Å². The molecule has 0 saturated heterocycles. The highest BCUT2D eigenvalue weighted by atomic mass is 19.4. The average molecular weight is 419 g/mol. The Hall–Kier alpha value is -2.94. The number of carbonyl (C=O) groups is 1. The third kappa shape index (κ3) is 4.96. The van der Waals surface area contributed by atoms with Gasteiger partial charge < -0.3 is 10.2 Å². The number of amides is 1. The summed E-state index contributed by atoms with van der Waals surface area (Å²) in [5.74, 6) is -0.519. The third-order valence-electron chi connectivity index (χ3n) is 4.85. The topological polar surface area (TPSA) is 62.5 Å². The van der Waals surface area contributed by atoms with E-state index in [1.807, 2.05) is 0 Å². The Labute approximate surface area is 172 Å². The van der Waals surface area contributed by atoms with Crippen molar-refractivity contribution in [2.24, 2.45) is 0 Å². The molecule has 0 fully saturated rings. The molecule has 0 aliphatic heterocycles. The molecule has 0 spiro atoms. The molecular formula is C21H24F3N5O. The lowest BCUT2D eigenvalue weighted by atomic mass is 10.1. The summed E-state index contributed by atoms with van der Waals surface area (Å²) in [7, 11) is 0. The Balaban J connectivity index is 1.85. The van der Waals surface area contributed by atoms with Gasteiger partial charge in [-0.25, -0.2) is 9.50 Å². The summed E-state index contributed by atoms with van der Waals surface area (Å²) in [6.45, 7) is 7.22. The van der Waals surface area contributed by atoms with Crippen molar-refractivity contribution in [1.82, 2.24) is 24.8 Å².